The number of phenols is 1. The predicted octanol–water partition coefficient (Wildman–Crippen LogP) is 1.02. The molecule has 0 aliphatic heterocycles. The summed E-state index contributed by atoms with van der Waals surface area (Å²) in [6.45, 7) is 0. The second-order valence-corrected chi connectivity index (χ2v) is 5.44. The van der Waals surface area contributed by atoms with Crippen molar-refractivity contribution < 1.29 is 13.5 Å². The van der Waals surface area contributed by atoms with Crippen molar-refractivity contribution in [2.75, 3.05) is 12.1 Å². The molecular weight excluding hydrogens is 252 g/mol. The summed E-state index contributed by atoms with van der Waals surface area (Å²) >= 11 is 5.43. The molecule has 0 unspecified atom stereocenters. The first-order valence-corrected chi connectivity index (χ1v) is 6.69. The van der Waals surface area contributed by atoms with E-state index >= 15 is 0 Å². The quantitative estimate of drug-likeness (QED) is 0.483. The standard InChI is InChI=1S/C9H11ClN2O3S/c1-16(14,15)6-2-3-8(13)7(4-6)12-9(11)5-10/h2-4,13H,5H2,1H3,(H2,11,12). The van der Waals surface area contributed by atoms with Gasteiger partial charge in [0.25, 0.3) is 0 Å². The Bertz CT molecular complexity index is 526. The third-order valence-electron chi connectivity index (χ3n) is 1.78. The molecule has 0 atom stereocenters. The van der Waals surface area contributed by atoms with Crippen LogP contribution in [0.25, 0.3) is 0 Å². The number of hydrogen-bond acceptors (Lipinski definition) is 4. The number of nitrogens with two attached hydrogens (primary N) is 1. The van der Waals surface area contributed by atoms with Crippen molar-refractivity contribution in [3.05, 3.63) is 18.2 Å². The molecule has 16 heavy (non-hydrogen) atoms. The minimum absolute atomic E-state index is 0.00252. The molecule has 5 nitrogen and oxygen atoms in total. The molecule has 0 saturated heterocycles. The summed E-state index contributed by atoms with van der Waals surface area (Å²) in [5.74, 6) is -0.0502. The molecule has 0 amide bonds. The second-order valence-electron chi connectivity index (χ2n) is 3.16. The molecule has 3 N–H and O–H groups in total. The van der Waals surface area contributed by atoms with Crippen LogP contribution >= 0.6 is 11.6 Å². The van der Waals surface area contributed by atoms with E-state index < -0.39 is 9.84 Å². The van der Waals surface area contributed by atoms with E-state index in [4.69, 9.17) is 17.3 Å². The first-order valence-electron chi connectivity index (χ1n) is 4.26. The van der Waals surface area contributed by atoms with E-state index in [1.165, 1.54) is 18.2 Å². The minimum atomic E-state index is -3.34. The lowest BCUT2D eigenvalue weighted by molar-refractivity contribution is 0.476. The lowest BCUT2D eigenvalue weighted by atomic mass is 10.3. The van der Waals surface area contributed by atoms with E-state index in [0.717, 1.165) is 6.26 Å². The lowest BCUT2D eigenvalue weighted by Gasteiger charge is -2.03. The normalized spacial score (nSPS) is 12.8. The fourth-order valence-corrected chi connectivity index (χ4v) is 1.71. The maximum atomic E-state index is 11.3. The van der Waals surface area contributed by atoms with Crippen LogP contribution in [0.5, 0.6) is 5.75 Å². The Kier molecular flexibility index (Phi) is 3.77. The summed E-state index contributed by atoms with van der Waals surface area (Å²) in [6, 6.07) is 3.78. The Labute approximate surface area is 98.5 Å². The fourth-order valence-electron chi connectivity index (χ4n) is 1.01. The number of alkyl halides is 1. The lowest BCUT2D eigenvalue weighted by Crippen LogP contribution is -2.12. The molecule has 88 valence electrons. The summed E-state index contributed by atoms with van der Waals surface area (Å²) in [4.78, 5) is 3.86. The third-order valence-corrected chi connectivity index (χ3v) is 3.16. The van der Waals surface area contributed by atoms with E-state index in [-0.39, 0.29) is 28.0 Å². The number of phenolic OH excluding ortho intramolecular Hbond substituents is 1. The summed E-state index contributed by atoms with van der Waals surface area (Å²) in [5.41, 5.74) is 5.47. The summed E-state index contributed by atoms with van der Waals surface area (Å²) in [7, 11) is -3.34. The van der Waals surface area contributed by atoms with Gasteiger partial charge in [-0.3, -0.25) is 0 Å². The van der Waals surface area contributed by atoms with Crippen molar-refractivity contribution in [3.63, 3.8) is 0 Å². The summed E-state index contributed by atoms with van der Waals surface area (Å²) in [6.07, 6.45) is 1.07. The van der Waals surface area contributed by atoms with Gasteiger partial charge in [-0.25, -0.2) is 13.4 Å². The van der Waals surface area contributed by atoms with Gasteiger partial charge in [0.05, 0.1) is 10.8 Å². The van der Waals surface area contributed by atoms with Crippen molar-refractivity contribution in [1.82, 2.24) is 0 Å². The van der Waals surface area contributed by atoms with Gasteiger partial charge in [0.2, 0.25) is 0 Å². The summed E-state index contributed by atoms with van der Waals surface area (Å²) in [5, 5.41) is 9.44. The Balaban J connectivity index is 3.30. The minimum Gasteiger partial charge on any atom is -0.506 e. The number of sulfone groups is 1. The third kappa shape index (κ3) is 3.11. The van der Waals surface area contributed by atoms with Gasteiger partial charge >= 0.3 is 0 Å². The van der Waals surface area contributed by atoms with Gasteiger partial charge in [0.1, 0.15) is 17.3 Å². The molecule has 0 heterocycles. The number of rotatable bonds is 3. The van der Waals surface area contributed by atoms with E-state index in [2.05, 4.69) is 4.99 Å². The van der Waals surface area contributed by atoms with Gasteiger partial charge in [0, 0.05) is 6.26 Å². The highest BCUT2D eigenvalue weighted by Crippen LogP contribution is 2.29. The SMILES string of the molecule is CS(=O)(=O)c1ccc(O)c(N=C(N)CCl)c1. The maximum Gasteiger partial charge on any atom is 0.175 e. The Morgan fingerprint density at radius 1 is 1.56 bits per heavy atom. The molecule has 0 saturated carbocycles. The Morgan fingerprint density at radius 3 is 2.69 bits per heavy atom. The van der Waals surface area contributed by atoms with Crippen LogP contribution in [0, 0.1) is 0 Å². The van der Waals surface area contributed by atoms with Crippen molar-refractivity contribution in [2.24, 2.45) is 10.7 Å². The van der Waals surface area contributed by atoms with Crippen LogP contribution in [0.3, 0.4) is 0 Å². The van der Waals surface area contributed by atoms with Crippen molar-refractivity contribution >= 4 is 33.0 Å². The molecular formula is C9H11ClN2O3S. The Hall–Kier alpha value is -1.27. The average molecular weight is 263 g/mol. The van der Waals surface area contributed by atoms with Crippen LogP contribution in [-0.4, -0.2) is 31.5 Å². The molecule has 1 rings (SSSR count). The van der Waals surface area contributed by atoms with E-state index in [0.29, 0.717) is 0 Å². The van der Waals surface area contributed by atoms with Crippen molar-refractivity contribution in [1.29, 1.82) is 0 Å². The number of amidine groups is 1. The molecule has 0 aliphatic rings. The number of aliphatic imine (C=N–C) groups is 1. The number of hydrogen-bond donors (Lipinski definition) is 2. The Morgan fingerprint density at radius 2 is 2.19 bits per heavy atom. The largest absolute Gasteiger partial charge is 0.506 e. The zero-order chi connectivity index (χ0) is 12.3. The van der Waals surface area contributed by atoms with Crippen LogP contribution < -0.4 is 5.73 Å². The van der Waals surface area contributed by atoms with Gasteiger partial charge in [-0.1, -0.05) is 0 Å². The monoisotopic (exact) mass is 262 g/mol. The highest BCUT2D eigenvalue weighted by atomic mass is 35.5. The zero-order valence-corrected chi connectivity index (χ0v) is 10.1. The first-order chi connectivity index (χ1) is 7.34. The van der Waals surface area contributed by atoms with Crippen LogP contribution in [0.2, 0.25) is 0 Å². The predicted molar refractivity (Wildman–Crippen MR) is 63.2 cm³/mol. The van der Waals surface area contributed by atoms with Crippen LogP contribution in [-0.2, 0) is 9.84 Å². The zero-order valence-electron chi connectivity index (χ0n) is 8.51. The fraction of sp³-hybridized carbons (Fsp3) is 0.222. The van der Waals surface area contributed by atoms with E-state index in [9.17, 15) is 13.5 Å². The molecule has 1 aromatic carbocycles. The number of benzene rings is 1. The molecule has 0 aliphatic carbocycles. The van der Waals surface area contributed by atoms with Gasteiger partial charge in [-0.15, -0.1) is 11.6 Å². The summed E-state index contributed by atoms with van der Waals surface area (Å²) < 4.78 is 22.5. The van der Waals surface area contributed by atoms with Crippen molar-refractivity contribution in [2.45, 2.75) is 4.90 Å². The highest BCUT2D eigenvalue weighted by molar-refractivity contribution is 7.90. The van der Waals surface area contributed by atoms with E-state index in [1.807, 2.05) is 0 Å². The maximum absolute atomic E-state index is 11.3. The molecule has 0 spiro atoms. The van der Waals surface area contributed by atoms with Gasteiger partial charge in [0.15, 0.2) is 9.84 Å². The molecule has 0 radical (unpaired) electrons. The smallest absolute Gasteiger partial charge is 0.175 e. The van der Waals surface area contributed by atoms with Gasteiger partial charge in [-0.05, 0) is 18.2 Å². The van der Waals surface area contributed by atoms with Crippen LogP contribution in [0.15, 0.2) is 28.1 Å². The van der Waals surface area contributed by atoms with E-state index in [1.54, 1.807) is 0 Å². The topological polar surface area (TPSA) is 92.8 Å². The number of nitrogens with zero attached hydrogens (tertiary/aromatic N) is 1. The molecule has 7 heteroatoms. The number of halogens is 1. The number of aromatic hydroxyl groups is 1. The molecule has 0 aromatic heterocycles. The van der Waals surface area contributed by atoms with Crippen LogP contribution in [0.4, 0.5) is 5.69 Å². The second kappa shape index (κ2) is 4.71. The van der Waals surface area contributed by atoms with Gasteiger partial charge in [-0.2, -0.15) is 0 Å². The first kappa shape index (κ1) is 12.8. The molecule has 1 aromatic rings. The highest BCUT2D eigenvalue weighted by Gasteiger charge is 2.10. The van der Waals surface area contributed by atoms with Crippen LogP contribution in [0.1, 0.15) is 0 Å². The van der Waals surface area contributed by atoms with Crippen molar-refractivity contribution in [3.8, 4) is 5.75 Å². The molecule has 0 fully saturated rings. The average Bonchev–Trinajstić information content (AvgIpc) is 2.19. The molecule has 0 bridgehead atoms. The van der Waals surface area contributed by atoms with Gasteiger partial charge < -0.3 is 10.8 Å².